The molecule has 2 rings (SSSR count). The van der Waals surface area contributed by atoms with E-state index in [0.717, 1.165) is 11.4 Å². The second-order valence-corrected chi connectivity index (χ2v) is 6.31. The van der Waals surface area contributed by atoms with E-state index in [1.165, 1.54) is 11.1 Å². The van der Waals surface area contributed by atoms with Crippen molar-refractivity contribution in [1.82, 2.24) is 0 Å². The number of aryl methyl sites for hydroxylation is 1. The smallest absolute Gasteiger partial charge is 0.193 e. The number of nitrogens with one attached hydrogen (secondary N) is 1. The van der Waals surface area contributed by atoms with Gasteiger partial charge < -0.3 is 15.8 Å². The van der Waals surface area contributed by atoms with E-state index in [2.05, 4.69) is 55.3 Å². The molecule has 0 aliphatic carbocycles. The van der Waals surface area contributed by atoms with Gasteiger partial charge in [0.1, 0.15) is 5.75 Å². The monoisotopic (exact) mass is 311 g/mol. The molecule has 2 aromatic carbocycles. The van der Waals surface area contributed by atoms with Crippen molar-refractivity contribution in [2.75, 3.05) is 19.0 Å². The molecule has 0 bridgehead atoms. The maximum absolute atomic E-state index is 6.00. The lowest BCUT2D eigenvalue weighted by Crippen LogP contribution is -2.27. The summed E-state index contributed by atoms with van der Waals surface area (Å²) in [4.78, 5) is 4.49. The number of nitrogens with zero attached hydrogens (tertiary/aromatic N) is 1. The van der Waals surface area contributed by atoms with Crippen LogP contribution in [-0.4, -0.2) is 19.6 Å². The fraction of sp³-hybridized carbons (Fsp3) is 0.316. The summed E-state index contributed by atoms with van der Waals surface area (Å²) in [6.45, 7) is 7.06. The summed E-state index contributed by atoms with van der Waals surface area (Å²) in [7, 11) is 1.64. The number of guanidine groups is 1. The molecule has 0 aromatic heterocycles. The van der Waals surface area contributed by atoms with Gasteiger partial charge in [0.25, 0.3) is 0 Å². The van der Waals surface area contributed by atoms with E-state index in [0.29, 0.717) is 12.5 Å². The number of hydrogen-bond donors (Lipinski definition) is 2. The zero-order chi connectivity index (χ0) is 16.9. The Labute approximate surface area is 138 Å². The van der Waals surface area contributed by atoms with Crippen molar-refractivity contribution in [3.63, 3.8) is 0 Å². The minimum absolute atomic E-state index is 0.0712. The Morgan fingerprint density at radius 1 is 1.17 bits per heavy atom. The Hall–Kier alpha value is -2.49. The first-order chi connectivity index (χ1) is 10.9. The molecule has 23 heavy (non-hydrogen) atoms. The fourth-order valence-electron chi connectivity index (χ4n) is 2.30. The van der Waals surface area contributed by atoms with Crippen molar-refractivity contribution in [2.45, 2.75) is 26.2 Å². The Bertz CT molecular complexity index is 675. The van der Waals surface area contributed by atoms with E-state index in [1.807, 2.05) is 24.3 Å². The van der Waals surface area contributed by atoms with Crippen LogP contribution in [0.3, 0.4) is 0 Å². The van der Waals surface area contributed by atoms with Gasteiger partial charge in [0, 0.05) is 11.1 Å². The molecule has 0 heterocycles. The maximum Gasteiger partial charge on any atom is 0.193 e. The first-order valence-corrected chi connectivity index (χ1v) is 7.69. The summed E-state index contributed by atoms with van der Waals surface area (Å²) >= 11 is 0. The highest BCUT2D eigenvalue weighted by atomic mass is 16.5. The van der Waals surface area contributed by atoms with Crippen molar-refractivity contribution in [1.29, 1.82) is 0 Å². The highest BCUT2D eigenvalue weighted by molar-refractivity contribution is 5.92. The summed E-state index contributed by atoms with van der Waals surface area (Å²) in [5, 5.41) is 3.10. The van der Waals surface area contributed by atoms with E-state index in [4.69, 9.17) is 10.5 Å². The van der Waals surface area contributed by atoms with Crippen LogP contribution in [0.2, 0.25) is 0 Å². The topological polar surface area (TPSA) is 59.6 Å². The largest absolute Gasteiger partial charge is 0.497 e. The zero-order valence-corrected chi connectivity index (χ0v) is 14.3. The number of anilines is 1. The number of ether oxygens (including phenoxy) is 1. The second kappa shape index (κ2) is 7.18. The van der Waals surface area contributed by atoms with Gasteiger partial charge in [-0.05, 0) is 36.8 Å². The summed E-state index contributed by atoms with van der Waals surface area (Å²) in [6, 6.07) is 16.1. The lowest BCUT2D eigenvalue weighted by molar-refractivity contribution is 0.415. The number of aliphatic imine (C=N–C) groups is 1. The molecule has 0 saturated heterocycles. The molecular weight excluding hydrogens is 286 g/mol. The van der Waals surface area contributed by atoms with Gasteiger partial charge in [0.05, 0.1) is 13.7 Å². The van der Waals surface area contributed by atoms with Crippen LogP contribution in [0, 0.1) is 6.92 Å². The van der Waals surface area contributed by atoms with E-state index in [-0.39, 0.29) is 5.41 Å². The van der Waals surface area contributed by atoms with Gasteiger partial charge in [-0.1, -0.05) is 43.7 Å². The van der Waals surface area contributed by atoms with Crippen LogP contribution in [0.1, 0.15) is 25.0 Å². The number of nitrogens with two attached hydrogens (primary N) is 1. The van der Waals surface area contributed by atoms with E-state index < -0.39 is 0 Å². The Kier molecular flexibility index (Phi) is 5.27. The number of hydrogen-bond acceptors (Lipinski definition) is 2. The first-order valence-electron chi connectivity index (χ1n) is 7.69. The van der Waals surface area contributed by atoms with E-state index >= 15 is 0 Å². The molecule has 122 valence electrons. The average molecular weight is 311 g/mol. The molecule has 0 aliphatic heterocycles. The highest BCUT2D eigenvalue weighted by Crippen LogP contribution is 2.24. The van der Waals surface area contributed by atoms with Crippen LogP contribution in [0.4, 0.5) is 5.69 Å². The van der Waals surface area contributed by atoms with Gasteiger partial charge in [-0.3, -0.25) is 4.99 Å². The molecule has 2 aromatic rings. The van der Waals surface area contributed by atoms with Gasteiger partial charge in [-0.2, -0.15) is 0 Å². The molecule has 0 unspecified atom stereocenters. The highest BCUT2D eigenvalue weighted by Gasteiger charge is 2.20. The average Bonchev–Trinajstić information content (AvgIpc) is 2.54. The zero-order valence-electron chi connectivity index (χ0n) is 14.3. The van der Waals surface area contributed by atoms with Crippen molar-refractivity contribution in [2.24, 2.45) is 10.7 Å². The third-order valence-electron chi connectivity index (χ3n) is 3.81. The van der Waals surface area contributed by atoms with Crippen molar-refractivity contribution >= 4 is 11.6 Å². The molecular formula is C19H25N3O. The van der Waals surface area contributed by atoms with Gasteiger partial charge in [-0.25, -0.2) is 0 Å². The van der Waals surface area contributed by atoms with Gasteiger partial charge >= 0.3 is 0 Å². The normalized spacial score (nSPS) is 12.1. The van der Waals surface area contributed by atoms with Crippen molar-refractivity contribution in [3.05, 3.63) is 59.7 Å². The summed E-state index contributed by atoms with van der Waals surface area (Å²) in [6.07, 6.45) is 0. The van der Waals surface area contributed by atoms with Crippen LogP contribution in [-0.2, 0) is 5.41 Å². The number of rotatable bonds is 5. The van der Waals surface area contributed by atoms with Gasteiger partial charge in [-0.15, -0.1) is 0 Å². The van der Waals surface area contributed by atoms with Crippen LogP contribution in [0.25, 0.3) is 0 Å². The lowest BCUT2D eigenvalue weighted by Gasteiger charge is -2.23. The predicted molar refractivity (Wildman–Crippen MR) is 97.3 cm³/mol. The molecule has 3 N–H and O–H groups in total. The molecule has 0 amide bonds. The first kappa shape index (κ1) is 16.9. The van der Waals surface area contributed by atoms with Crippen LogP contribution >= 0.6 is 0 Å². The quantitative estimate of drug-likeness (QED) is 0.654. The third kappa shape index (κ3) is 4.74. The maximum atomic E-state index is 6.00. The van der Waals surface area contributed by atoms with E-state index in [1.54, 1.807) is 7.11 Å². The second-order valence-electron chi connectivity index (χ2n) is 6.31. The van der Waals surface area contributed by atoms with Gasteiger partial charge in [0.15, 0.2) is 5.96 Å². The minimum atomic E-state index is -0.0712. The minimum Gasteiger partial charge on any atom is -0.497 e. The van der Waals surface area contributed by atoms with Crippen LogP contribution in [0.15, 0.2) is 53.5 Å². The summed E-state index contributed by atoms with van der Waals surface area (Å²) in [5.74, 6) is 1.22. The molecule has 0 atom stereocenters. The SMILES string of the molecule is COc1ccc(NC(N)=NCC(C)(C)c2cccc(C)c2)cc1. The number of benzene rings is 2. The Morgan fingerprint density at radius 3 is 2.48 bits per heavy atom. The lowest BCUT2D eigenvalue weighted by atomic mass is 9.84. The van der Waals surface area contributed by atoms with Gasteiger partial charge in [0.2, 0.25) is 0 Å². The third-order valence-corrected chi connectivity index (χ3v) is 3.81. The Balaban J connectivity index is 2.02. The van der Waals surface area contributed by atoms with Crippen molar-refractivity contribution in [3.8, 4) is 5.75 Å². The summed E-state index contributed by atoms with van der Waals surface area (Å²) < 4.78 is 5.14. The molecule has 0 spiro atoms. The predicted octanol–water partition coefficient (Wildman–Crippen LogP) is 3.71. The fourth-order valence-corrected chi connectivity index (χ4v) is 2.30. The molecule has 0 radical (unpaired) electrons. The Morgan fingerprint density at radius 2 is 1.87 bits per heavy atom. The van der Waals surface area contributed by atoms with Crippen LogP contribution < -0.4 is 15.8 Å². The molecule has 4 heteroatoms. The van der Waals surface area contributed by atoms with Crippen LogP contribution in [0.5, 0.6) is 5.75 Å². The summed E-state index contributed by atoms with van der Waals surface area (Å²) in [5.41, 5.74) is 9.33. The molecule has 0 aliphatic rings. The number of methoxy groups -OCH3 is 1. The molecule has 4 nitrogen and oxygen atoms in total. The van der Waals surface area contributed by atoms with Crippen molar-refractivity contribution < 1.29 is 4.74 Å². The van der Waals surface area contributed by atoms with E-state index in [9.17, 15) is 0 Å². The molecule has 0 saturated carbocycles. The molecule has 0 fully saturated rings. The standard InChI is InChI=1S/C19H25N3O/c1-14-6-5-7-15(12-14)19(2,3)13-21-18(20)22-16-8-10-17(23-4)11-9-16/h5-12H,13H2,1-4H3,(H3,20,21,22).